The highest BCUT2D eigenvalue weighted by Crippen LogP contribution is 2.24. The highest BCUT2D eigenvalue weighted by molar-refractivity contribution is 5.82. The standard InChI is InChI=1S/C10H8N2O5/c1-6(13)16-5-9-8-4-7(12(14)15)2-3-10(8)17-11-9/h2-4H,5H2,1H3. The molecule has 0 N–H and O–H groups in total. The molecule has 2 rings (SSSR count). The van der Waals surface area contributed by atoms with E-state index in [1.807, 2.05) is 0 Å². The number of aromatic nitrogens is 1. The zero-order valence-electron chi connectivity index (χ0n) is 8.87. The van der Waals surface area contributed by atoms with E-state index in [9.17, 15) is 14.9 Å². The SMILES string of the molecule is CC(=O)OCc1noc2ccc([N+](=O)[O-])cc12. The number of nitrogens with zero attached hydrogens (tertiary/aromatic N) is 2. The highest BCUT2D eigenvalue weighted by Gasteiger charge is 2.14. The Balaban J connectivity index is 2.39. The number of carbonyl (C=O) groups excluding carboxylic acids is 1. The zero-order chi connectivity index (χ0) is 12.4. The van der Waals surface area contributed by atoms with E-state index in [0.29, 0.717) is 16.7 Å². The molecule has 88 valence electrons. The van der Waals surface area contributed by atoms with Crippen LogP contribution in [0.4, 0.5) is 5.69 Å². The molecule has 0 saturated carbocycles. The van der Waals surface area contributed by atoms with E-state index in [1.54, 1.807) is 0 Å². The van der Waals surface area contributed by atoms with E-state index >= 15 is 0 Å². The van der Waals surface area contributed by atoms with Crippen molar-refractivity contribution in [2.45, 2.75) is 13.5 Å². The molecule has 2 aromatic rings. The summed E-state index contributed by atoms with van der Waals surface area (Å²) in [5.74, 6) is -0.452. The van der Waals surface area contributed by atoms with Gasteiger partial charge in [0.05, 0.1) is 10.3 Å². The molecule has 0 aliphatic rings. The number of esters is 1. The fourth-order valence-electron chi connectivity index (χ4n) is 1.36. The van der Waals surface area contributed by atoms with Crippen LogP contribution in [-0.4, -0.2) is 16.0 Å². The topological polar surface area (TPSA) is 95.5 Å². The molecule has 1 aromatic carbocycles. The number of hydrogen-bond acceptors (Lipinski definition) is 6. The van der Waals surface area contributed by atoms with Gasteiger partial charge in [0.2, 0.25) is 0 Å². The van der Waals surface area contributed by atoms with Crippen LogP contribution in [0.5, 0.6) is 0 Å². The van der Waals surface area contributed by atoms with Crippen molar-refractivity contribution in [2.75, 3.05) is 0 Å². The first kappa shape index (κ1) is 11.1. The van der Waals surface area contributed by atoms with Crippen molar-refractivity contribution in [1.29, 1.82) is 0 Å². The fourth-order valence-corrected chi connectivity index (χ4v) is 1.36. The lowest BCUT2D eigenvalue weighted by atomic mass is 10.2. The summed E-state index contributed by atoms with van der Waals surface area (Å²) in [7, 11) is 0. The first-order valence-electron chi connectivity index (χ1n) is 4.74. The van der Waals surface area contributed by atoms with Gasteiger partial charge >= 0.3 is 5.97 Å². The Morgan fingerprint density at radius 2 is 2.35 bits per heavy atom. The number of benzene rings is 1. The van der Waals surface area contributed by atoms with Crippen molar-refractivity contribution in [2.24, 2.45) is 0 Å². The Labute approximate surface area is 95.1 Å². The lowest BCUT2D eigenvalue weighted by molar-refractivity contribution is -0.384. The van der Waals surface area contributed by atoms with Gasteiger partial charge in [-0.3, -0.25) is 14.9 Å². The molecule has 0 bridgehead atoms. The summed E-state index contributed by atoms with van der Waals surface area (Å²) in [6, 6.07) is 4.12. The second kappa shape index (κ2) is 4.20. The smallest absolute Gasteiger partial charge is 0.303 e. The molecule has 0 amide bonds. The van der Waals surface area contributed by atoms with E-state index in [2.05, 4.69) is 5.16 Å². The van der Waals surface area contributed by atoms with Gasteiger partial charge in [-0.1, -0.05) is 5.16 Å². The van der Waals surface area contributed by atoms with Gasteiger partial charge in [0.25, 0.3) is 5.69 Å². The second-order valence-electron chi connectivity index (χ2n) is 3.35. The molecule has 1 heterocycles. The van der Waals surface area contributed by atoms with Crippen LogP contribution in [0.2, 0.25) is 0 Å². The molecular weight excluding hydrogens is 228 g/mol. The lowest BCUT2D eigenvalue weighted by Gasteiger charge is -1.97. The Bertz CT molecular complexity index is 589. The van der Waals surface area contributed by atoms with E-state index < -0.39 is 10.9 Å². The monoisotopic (exact) mass is 236 g/mol. The number of ether oxygens (including phenoxy) is 1. The van der Waals surface area contributed by atoms with Crippen LogP contribution in [0.3, 0.4) is 0 Å². The normalized spacial score (nSPS) is 10.4. The van der Waals surface area contributed by atoms with Gasteiger partial charge in [0, 0.05) is 19.1 Å². The van der Waals surface area contributed by atoms with Crippen LogP contribution < -0.4 is 0 Å². The third-order valence-electron chi connectivity index (χ3n) is 2.15. The van der Waals surface area contributed by atoms with E-state index in [-0.39, 0.29) is 12.3 Å². The van der Waals surface area contributed by atoms with Gasteiger partial charge in [0.1, 0.15) is 12.3 Å². The average molecular weight is 236 g/mol. The van der Waals surface area contributed by atoms with E-state index in [4.69, 9.17) is 9.26 Å². The molecule has 0 unspecified atom stereocenters. The quantitative estimate of drug-likeness (QED) is 0.458. The maximum atomic E-state index is 10.7. The van der Waals surface area contributed by atoms with E-state index in [0.717, 1.165) is 0 Å². The minimum absolute atomic E-state index is 0.0650. The van der Waals surface area contributed by atoms with Crippen molar-refractivity contribution < 1.29 is 19.0 Å². The van der Waals surface area contributed by atoms with Crippen molar-refractivity contribution in [1.82, 2.24) is 5.16 Å². The fraction of sp³-hybridized carbons (Fsp3) is 0.200. The number of rotatable bonds is 3. The Morgan fingerprint density at radius 1 is 1.59 bits per heavy atom. The average Bonchev–Trinajstić information content (AvgIpc) is 2.68. The predicted octanol–water partition coefficient (Wildman–Crippen LogP) is 1.80. The number of non-ortho nitro benzene ring substituents is 1. The molecule has 0 radical (unpaired) electrons. The maximum Gasteiger partial charge on any atom is 0.303 e. The Kier molecular flexibility index (Phi) is 2.73. The molecule has 0 fully saturated rings. The summed E-state index contributed by atoms with van der Waals surface area (Å²) >= 11 is 0. The van der Waals surface area contributed by atoms with Crippen molar-refractivity contribution in [3.63, 3.8) is 0 Å². The van der Waals surface area contributed by atoms with Crippen molar-refractivity contribution in [3.05, 3.63) is 34.0 Å². The summed E-state index contributed by atoms with van der Waals surface area (Å²) in [6.07, 6.45) is 0. The summed E-state index contributed by atoms with van der Waals surface area (Å²) in [6.45, 7) is 1.20. The molecule has 1 aromatic heterocycles. The summed E-state index contributed by atoms with van der Waals surface area (Å²) < 4.78 is 9.72. The van der Waals surface area contributed by atoms with Gasteiger partial charge < -0.3 is 9.26 Å². The number of hydrogen-bond donors (Lipinski definition) is 0. The Hall–Kier alpha value is -2.44. The molecule has 0 saturated heterocycles. The third-order valence-corrected chi connectivity index (χ3v) is 2.15. The lowest BCUT2D eigenvalue weighted by Crippen LogP contribution is -1.99. The summed E-state index contributed by atoms with van der Waals surface area (Å²) in [5, 5.41) is 14.8. The molecule has 17 heavy (non-hydrogen) atoms. The van der Waals surface area contributed by atoms with Crippen LogP contribution in [0, 0.1) is 10.1 Å². The number of fused-ring (bicyclic) bond motifs is 1. The minimum atomic E-state index is -0.512. The van der Waals surface area contributed by atoms with Crippen LogP contribution in [0.25, 0.3) is 11.0 Å². The molecular formula is C10H8N2O5. The summed E-state index contributed by atoms with van der Waals surface area (Å²) in [5.41, 5.74) is 0.710. The maximum absolute atomic E-state index is 10.7. The van der Waals surface area contributed by atoms with E-state index in [1.165, 1.54) is 25.1 Å². The number of nitro groups is 1. The zero-order valence-corrected chi connectivity index (χ0v) is 8.87. The van der Waals surface area contributed by atoms with Gasteiger partial charge in [0.15, 0.2) is 5.58 Å². The summed E-state index contributed by atoms with van der Waals surface area (Å²) in [4.78, 5) is 20.8. The molecule has 7 heteroatoms. The van der Waals surface area contributed by atoms with Gasteiger partial charge in [-0.25, -0.2) is 0 Å². The van der Waals surface area contributed by atoms with Crippen LogP contribution in [0.15, 0.2) is 22.7 Å². The first-order chi connectivity index (χ1) is 8.08. The molecule has 0 atom stereocenters. The van der Waals surface area contributed by atoms with Crippen LogP contribution >= 0.6 is 0 Å². The third kappa shape index (κ3) is 2.22. The first-order valence-corrected chi connectivity index (χ1v) is 4.74. The largest absolute Gasteiger partial charge is 0.459 e. The number of carbonyl (C=O) groups is 1. The highest BCUT2D eigenvalue weighted by atomic mass is 16.6. The molecule has 0 spiro atoms. The second-order valence-corrected chi connectivity index (χ2v) is 3.35. The van der Waals surface area contributed by atoms with Crippen molar-refractivity contribution >= 4 is 22.6 Å². The molecule has 0 aliphatic carbocycles. The van der Waals surface area contributed by atoms with Crippen LogP contribution in [0.1, 0.15) is 12.6 Å². The minimum Gasteiger partial charge on any atom is -0.459 e. The van der Waals surface area contributed by atoms with Gasteiger partial charge in [-0.15, -0.1) is 0 Å². The predicted molar refractivity (Wildman–Crippen MR) is 56.1 cm³/mol. The Morgan fingerprint density at radius 3 is 3.00 bits per heavy atom. The van der Waals surface area contributed by atoms with Crippen molar-refractivity contribution in [3.8, 4) is 0 Å². The van der Waals surface area contributed by atoms with Crippen LogP contribution in [-0.2, 0) is 16.1 Å². The number of nitro benzene ring substituents is 1. The molecule has 7 nitrogen and oxygen atoms in total. The molecule has 0 aliphatic heterocycles. The van der Waals surface area contributed by atoms with Gasteiger partial charge in [-0.2, -0.15) is 0 Å². The van der Waals surface area contributed by atoms with Gasteiger partial charge in [-0.05, 0) is 6.07 Å².